The van der Waals surface area contributed by atoms with Gasteiger partial charge >= 0.3 is 0 Å². The third kappa shape index (κ3) is 4.05. The molecule has 0 bridgehead atoms. The Morgan fingerprint density at radius 3 is 2.73 bits per heavy atom. The Morgan fingerprint density at radius 1 is 1.36 bits per heavy atom. The van der Waals surface area contributed by atoms with Crippen molar-refractivity contribution in [3.05, 3.63) is 29.8 Å². The maximum Gasteiger partial charge on any atom is 0.248 e. The second kappa shape index (κ2) is 6.45. The van der Waals surface area contributed by atoms with Gasteiger partial charge in [0, 0.05) is 24.3 Å². The van der Waals surface area contributed by atoms with Gasteiger partial charge in [0.2, 0.25) is 21.8 Å². The van der Waals surface area contributed by atoms with E-state index in [1.807, 2.05) is 0 Å². The SMILES string of the molecule is CS(=O)(=O)N1CCCC(C(=O)Nc2cccc(C(N)=O)c2)C1. The highest BCUT2D eigenvalue weighted by molar-refractivity contribution is 7.88. The Labute approximate surface area is 129 Å². The van der Waals surface area contributed by atoms with E-state index in [1.165, 1.54) is 10.4 Å². The summed E-state index contributed by atoms with van der Waals surface area (Å²) in [5.74, 6) is -1.23. The molecule has 7 nitrogen and oxygen atoms in total. The molecule has 3 N–H and O–H groups in total. The minimum absolute atomic E-state index is 0.181. The van der Waals surface area contributed by atoms with Crippen LogP contribution in [0.4, 0.5) is 5.69 Å². The number of primary amides is 1. The molecule has 22 heavy (non-hydrogen) atoms. The van der Waals surface area contributed by atoms with Crippen LogP contribution in [-0.4, -0.2) is 43.9 Å². The number of benzene rings is 1. The van der Waals surface area contributed by atoms with Crippen molar-refractivity contribution in [2.75, 3.05) is 24.7 Å². The summed E-state index contributed by atoms with van der Waals surface area (Å²) in [5.41, 5.74) is 5.97. The number of hydrogen-bond donors (Lipinski definition) is 2. The van der Waals surface area contributed by atoms with Gasteiger partial charge in [0.1, 0.15) is 0 Å². The summed E-state index contributed by atoms with van der Waals surface area (Å²) < 4.78 is 24.5. The molecule has 1 aliphatic heterocycles. The maximum absolute atomic E-state index is 12.3. The Morgan fingerprint density at radius 2 is 2.09 bits per heavy atom. The van der Waals surface area contributed by atoms with Crippen molar-refractivity contribution in [3.8, 4) is 0 Å². The summed E-state index contributed by atoms with van der Waals surface area (Å²) in [6.07, 6.45) is 2.42. The smallest absolute Gasteiger partial charge is 0.248 e. The summed E-state index contributed by atoms with van der Waals surface area (Å²) in [7, 11) is -3.29. The number of carbonyl (C=O) groups is 2. The standard InChI is InChI=1S/C14H19N3O4S/c1-22(20,21)17-7-3-5-11(9-17)14(19)16-12-6-2-4-10(8-12)13(15)18/h2,4,6,8,11H,3,5,7,9H2,1H3,(H2,15,18)(H,16,19). The highest BCUT2D eigenvalue weighted by Gasteiger charge is 2.30. The molecule has 1 unspecified atom stereocenters. The van der Waals surface area contributed by atoms with Crippen LogP contribution in [0, 0.1) is 5.92 Å². The van der Waals surface area contributed by atoms with Crippen LogP contribution in [0.1, 0.15) is 23.2 Å². The Kier molecular flexibility index (Phi) is 4.82. The van der Waals surface area contributed by atoms with Crippen molar-refractivity contribution in [1.29, 1.82) is 0 Å². The monoisotopic (exact) mass is 325 g/mol. The highest BCUT2D eigenvalue weighted by Crippen LogP contribution is 2.21. The number of rotatable bonds is 4. The molecule has 1 saturated heterocycles. The minimum atomic E-state index is -3.29. The van der Waals surface area contributed by atoms with Gasteiger partial charge in [-0.05, 0) is 31.0 Å². The Bertz CT molecular complexity index is 687. The minimum Gasteiger partial charge on any atom is -0.366 e. The molecule has 1 atom stereocenters. The number of hydrogen-bond acceptors (Lipinski definition) is 4. The van der Waals surface area contributed by atoms with E-state index >= 15 is 0 Å². The molecule has 1 aromatic rings. The summed E-state index contributed by atoms with van der Waals surface area (Å²) in [6.45, 7) is 0.625. The molecule has 120 valence electrons. The van der Waals surface area contributed by atoms with Gasteiger partial charge < -0.3 is 11.1 Å². The summed E-state index contributed by atoms with van der Waals surface area (Å²) in [6, 6.07) is 6.34. The maximum atomic E-state index is 12.3. The van der Waals surface area contributed by atoms with E-state index in [4.69, 9.17) is 5.73 Å². The van der Waals surface area contributed by atoms with E-state index in [2.05, 4.69) is 5.32 Å². The van der Waals surface area contributed by atoms with Crippen molar-refractivity contribution in [2.45, 2.75) is 12.8 Å². The van der Waals surface area contributed by atoms with Crippen LogP contribution >= 0.6 is 0 Å². The number of nitrogens with two attached hydrogens (primary N) is 1. The van der Waals surface area contributed by atoms with Crippen molar-refractivity contribution in [3.63, 3.8) is 0 Å². The van der Waals surface area contributed by atoms with E-state index in [9.17, 15) is 18.0 Å². The predicted octanol–water partition coefficient (Wildman–Crippen LogP) is 0.396. The first-order chi connectivity index (χ1) is 10.3. The highest BCUT2D eigenvalue weighted by atomic mass is 32.2. The van der Waals surface area contributed by atoms with Crippen molar-refractivity contribution in [1.82, 2.24) is 4.31 Å². The zero-order chi connectivity index (χ0) is 16.3. The molecular formula is C14H19N3O4S. The summed E-state index contributed by atoms with van der Waals surface area (Å²) in [5, 5.41) is 2.71. The average Bonchev–Trinajstić information content (AvgIpc) is 2.46. The van der Waals surface area contributed by atoms with E-state index in [0.717, 1.165) is 6.26 Å². The lowest BCUT2D eigenvalue weighted by atomic mass is 9.98. The molecule has 0 aliphatic carbocycles. The largest absolute Gasteiger partial charge is 0.366 e. The topological polar surface area (TPSA) is 110 Å². The van der Waals surface area contributed by atoms with E-state index in [1.54, 1.807) is 18.2 Å². The van der Waals surface area contributed by atoms with Gasteiger partial charge in [0.25, 0.3) is 0 Å². The van der Waals surface area contributed by atoms with Crippen LogP contribution in [0.3, 0.4) is 0 Å². The third-order valence-corrected chi connectivity index (χ3v) is 4.91. The molecule has 0 spiro atoms. The number of piperidine rings is 1. The van der Waals surface area contributed by atoms with Crippen LogP contribution in [0.5, 0.6) is 0 Å². The number of carbonyl (C=O) groups excluding carboxylic acids is 2. The summed E-state index contributed by atoms with van der Waals surface area (Å²) in [4.78, 5) is 23.4. The van der Waals surface area contributed by atoms with Gasteiger partial charge in [-0.1, -0.05) is 6.07 Å². The molecule has 0 saturated carbocycles. The lowest BCUT2D eigenvalue weighted by Gasteiger charge is -2.30. The van der Waals surface area contributed by atoms with Crippen LogP contribution in [0.25, 0.3) is 0 Å². The molecule has 0 radical (unpaired) electrons. The molecule has 8 heteroatoms. The van der Waals surface area contributed by atoms with E-state index in [0.29, 0.717) is 30.6 Å². The first kappa shape index (κ1) is 16.4. The average molecular weight is 325 g/mol. The zero-order valence-electron chi connectivity index (χ0n) is 12.3. The van der Waals surface area contributed by atoms with E-state index < -0.39 is 21.8 Å². The molecule has 1 heterocycles. The predicted molar refractivity (Wildman–Crippen MR) is 82.7 cm³/mol. The van der Waals surface area contributed by atoms with Gasteiger partial charge in [-0.15, -0.1) is 0 Å². The number of nitrogens with one attached hydrogen (secondary N) is 1. The zero-order valence-corrected chi connectivity index (χ0v) is 13.1. The molecule has 2 amide bonds. The number of nitrogens with zero attached hydrogens (tertiary/aromatic N) is 1. The second-order valence-corrected chi connectivity index (χ2v) is 7.38. The molecular weight excluding hydrogens is 306 g/mol. The van der Waals surface area contributed by atoms with E-state index in [-0.39, 0.29) is 12.5 Å². The van der Waals surface area contributed by atoms with Crippen molar-refractivity contribution in [2.24, 2.45) is 11.7 Å². The fourth-order valence-corrected chi connectivity index (χ4v) is 3.36. The molecule has 0 aromatic heterocycles. The molecule has 1 aromatic carbocycles. The molecule has 1 aliphatic rings. The Hall–Kier alpha value is -1.93. The van der Waals surface area contributed by atoms with Crippen LogP contribution in [0.2, 0.25) is 0 Å². The lowest BCUT2D eigenvalue weighted by molar-refractivity contribution is -0.120. The van der Waals surface area contributed by atoms with Crippen LogP contribution in [0.15, 0.2) is 24.3 Å². The first-order valence-electron chi connectivity index (χ1n) is 6.93. The second-order valence-electron chi connectivity index (χ2n) is 5.39. The normalized spacial score (nSPS) is 19.6. The number of amides is 2. The van der Waals surface area contributed by atoms with Gasteiger partial charge in [-0.2, -0.15) is 0 Å². The fourth-order valence-electron chi connectivity index (χ4n) is 2.45. The van der Waals surface area contributed by atoms with Crippen molar-refractivity contribution >= 4 is 27.5 Å². The van der Waals surface area contributed by atoms with Gasteiger partial charge in [-0.3, -0.25) is 9.59 Å². The quantitative estimate of drug-likeness (QED) is 0.834. The number of sulfonamides is 1. The van der Waals surface area contributed by atoms with Crippen LogP contribution < -0.4 is 11.1 Å². The van der Waals surface area contributed by atoms with Crippen molar-refractivity contribution < 1.29 is 18.0 Å². The Balaban J connectivity index is 2.06. The summed E-state index contributed by atoms with van der Waals surface area (Å²) >= 11 is 0. The van der Waals surface area contributed by atoms with Gasteiger partial charge in [-0.25, -0.2) is 12.7 Å². The van der Waals surface area contributed by atoms with Crippen LogP contribution in [-0.2, 0) is 14.8 Å². The fraction of sp³-hybridized carbons (Fsp3) is 0.429. The first-order valence-corrected chi connectivity index (χ1v) is 8.78. The van der Waals surface area contributed by atoms with Gasteiger partial charge in [0.15, 0.2) is 0 Å². The van der Waals surface area contributed by atoms with Gasteiger partial charge in [0.05, 0.1) is 12.2 Å². The molecule has 1 fully saturated rings. The number of anilines is 1. The third-order valence-electron chi connectivity index (χ3n) is 3.64. The lowest BCUT2D eigenvalue weighted by Crippen LogP contribution is -2.43. The molecule has 2 rings (SSSR count).